The second kappa shape index (κ2) is 7.88. The normalized spacial score (nSPS) is 26.2. The van der Waals surface area contributed by atoms with Crippen LogP contribution in [0.15, 0.2) is 30.3 Å². The number of hydrogen-bond acceptors (Lipinski definition) is 3. The van der Waals surface area contributed by atoms with E-state index in [0.29, 0.717) is 12.5 Å². The number of likely N-dealkylation sites (tertiary alicyclic amines) is 1. The summed E-state index contributed by atoms with van der Waals surface area (Å²) in [6.07, 6.45) is 4.79. The average molecular weight is 344 g/mol. The monoisotopic (exact) mass is 344 g/mol. The van der Waals surface area contributed by atoms with E-state index >= 15 is 0 Å². The fourth-order valence-corrected chi connectivity index (χ4v) is 4.33. The third-order valence-corrected chi connectivity index (χ3v) is 6.11. The lowest BCUT2D eigenvalue weighted by molar-refractivity contribution is -0.176. The van der Waals surface area contributed by atoms with Crippen molar-refractivity contribution in [1.29, 1.82) is 0 Å². The Balaban J connectivity index is 1.77. The van der Waals surface area contributed by atoms with Crippen molar-refractivity contribution < 1.29 is 9.53 Å². The third-order valence-electron chi connectivity index (χ3n) is 6.11. The highest BCUT2D eigenvalue weighted by molar-refractivity contribution is 5.75. The van der Waals surface area contributed by atoms with Crippen LogP contribution in [0, 0.1) is 0 Å². The lowest BCUT2D eigenvalue weighted by Gasteiger charge is -2.50. The molecule has 4 heteroatoms. The van der Waals surface area contributed by atoms with Crippen molar-refractivity contribution in [2.24, 2.45) is 0 Å². The topological polar surface area (TPSA) is 32.8 Å². The average Bonchev–Trinajstić information content (AvgIpc) is 2.67. The quantitative estimate of drug-likeness (QED) is 0.836. The van der Waals surface area contributed by atoms with Crippen LogP contribution < -0.4 is 0 Å². The van der Waals surface area contributed by atoms with E-state index in [2.05, 4.69) is 49.2 Å². The lowest BCUT2D eigenvalue weighted by atomic mass is 9.79. The zero-order chi connectivity index (χ0) is 17.9. The van der Waals surface area contributed by atoms with Crippen LogP contribution in [0.2, 0.25) is 0 Å². The van der Waals surface area contributed by atoms with Crippen LogP contribution in [0.1, 0.15) is 57.6 Å². The number of ether oxygens (including phenoxy) is 1. The number of nitrogens with zero attached hydrogens (tertiary/aromatic N) is 2. The minimum Gasteiger partial charge on any atom is -0.367 e. The molecule has 2 saturated heterocycles. The number of hydrogen-bond donors (Lipinski definition) is 0. The largest absolute Gasteiger partial charge is 0.367 e. The highest BCUT2D eigenvalue weighted by Crippen LogP contribution is 2.44. The van der Waals surface area contributed by atoms with Gasteiger partial charge >= 0.3 is 0 Å². The summed E-state index contributed by atoms with van der Waals surface area (Å²) in [4.78, 5) is 16.5. The van der Waals surface area contributed by atoms with E-state index < -0.39 is 0 Å². The number of carbonyl (C=O) groups excluding carboxylic acids is 1. The van der Waals surface area contributed by atoms with Gasteiger partial charge in [-0.05, 0) is 44.8 Å². The Morgan fingerprint density at radius 3 is 2.52 bits per heavy atom. The SMILES string of the molecule is CCC(=O)N1CCC2(CC1)C[C@@H](N(C)CC)C[C@@H](c1ccccc1)O2. The Morgan fingerprint density at radius 1 is 1.24 bits per heavy atom. The predicted octanol–water partition coefficient (Wildman–Crippen LogP) is 3.63. The second-order valence-corrected chi connectivity index (χ2v) is 7.60. The zero-order valence-electron chi connectivity index (χ0n) is 15.9. The van der Waals surface area contributed by atoms with Crippen molar-refractivity contribution in [3.63, 3.8) is 0 Å². The summed E-state index contributed by atoms with van der Waals surface area (Å²) in [6, 6.07) is 11.2. The molecule has 1 spiro atoms. The van der Waals surface area contributed by atoms with Crippen LogP contribution in [0.5, 0.6) is 0 Å². The number of rotatable bonds is 4. The van der Waals surface area contributed by atoms with Gasteiger partial charge in [-0.2, -0.15) is 0 Å². The van der Waals surface area contributed by atoms with Crippen LogP contribution in [-0.4, -0.2) is 54.0 Å². The second-order valence-electron chi connectivity index (χ2n) is 7.60. The van der Waals surface area contributed by atoms with Crippen LogP contribution in [0.4, 0.5) is 0 Å². The van der Waals surface area contributed by atoms with Gasteiger partial charge in [0, 0.05) is 25.6 Å². The molecule has 2 fully saturated rings. The summed E-state index contributed by atoms with van der Waals surface area (Å²) < 4.78 is 6.72. The maximum absolute atomic E-state index is 12.0. The van der Waals surface area contributed by atoms with Crippen LogP contribution in [0.25, 0.3) is 0 Å². The number of carbonyl (C=O) groups is 1. The first-order valence-corrected chi connectivity index (χ1v) is 9.77. The van der Waals surface area contributed by atoms with E-state index in [1.165, 1.54) is 5.56 Å². The molecule has 2 aliphatic rings. The molecule has 1 amide bonds. The van der Waals surface area contributed by atoms with Crippen molar-refractivity contribution in [3.8, 4) is 0 Å². The van der Waals surface area contributed by atoms with Crippen LogP contribution >= 0.6 is 0 Å². The summed E-state index contributed by atoms with van der Waals surface area (Å²) in [7, 11) is 2.22. The van der Waals surface area contributed by atoms with Gasteiger partial charge in [0.05, 0.1) is 11.7 Å². The summed E-state index contributed by atoms with van der Waals surface area (Å²) in [5.74, 6) is 0.271. The van der Waals surface area contributed by atoms with Crippen molar-refractivity contribution in [2.45, 2.75) is 63.7 Å². The maximum Gasteiger partial charge on any atom is 0.222 e. The molecule has 0 unspecified atom stereocenters. The van der Waals surface area contributed by atoms with Gasteiger partial charge < -0.3 is 14.5 Å². The first-order chi connectivity index (χ1) is 12.1. The van der Waals surface area contributed by atoms with Crippen molar-refractivity contribution in [3.05, 3.63) is 35.9 Å². The van der Waals surface area contributed by atoms with Gasteiger partial charge in [-0.25, -0.2) is 0 Å². The fourth-order valence-electron chi connectivity index (χ4n) is 4.33. The molecule has 138 valence electrons. The molecule has 2 heterocycles. The predicted molar refractivity (Wildman–Crippen MR) is 100 cm³/mol. The van der Waals surface area contributed by atoms with E-state index in [-0.39, 0.29) is 17.6 Å². The van der Waals surface area contributed by atoms with Gasteiger partial charge in [-0.1, -0.05) is 44.2 Å². The van der Waals surface area contributed by atoms with Gasteiger partial charge in [-0.15, -0.1) is 0 Å². The highest BCUT2D eigenvalue weighted by atomic mass is 16.5. The van der Waals surface area contributed by atoms with Crippen LogP contribution in [-0.2, 0) is 9.53 Å². The maximum atomic E-state index is 12.0. The van der Waals surface area contributed by atoms with Crippen molar-refractivity contribution >= 4 is 5.91 Å². The van der Waals surface area contributed by atoms with Crippen molar-refractivity contribution in [2.75, 3.05) is 26.7 Å². The fraction of sp³-hybridized carbons (Fsp3) is 0.667. The minimum absolute atomic E-state index is 0.0859. The minimum atomic E-state index is -0.0859. The number of benzene rings is 1. The molecule has 3 rings (SSSR count). The molecule has 1 aromatic carbocycles. The first-order valence-electron chi connectivity index (χ1n) is 9.77. The molecule has 0 saturated carbocycles. The Bertz CT molecular complexity index is 567. The zero-order valence-corrected chi connectivity index (χ0v) is 15.9. The molecule has 2 atom stereocenters. The number of amides is 1. The van der Waals surface area contributed by atoms with Gasteiger partial charge in [0.15, 0.2) is 0 Å². The number of piperidine rings is 1. The Morgan fingerprint density at radius 2 is 1.92 bits per heavy atom. The van der Waals surface area contributed by atoms with Gasteiger partial charge in [0.1, 0.15) is 0 Å². The molecular formula is C21H32N2O2. The Labute approximate surface area is 152 Å². The van der Waals surface area contributed by atoms with E-state index in [9.17, 15) is 4.79 Å². The molecule has 25 heavy (non-hydrogen) atoms. The Hall–Kier alpha value is -1.39. The van der Waals surface area contributed by atoms with E-state index in [4.69, 9.17) is 4.74 Å². The van der Waals surface area contributed by atoms with Crippen molar-refractivity contribution in [1.82, 2.24) is 9.80 Å². The molecule has 0 radical (unpaired) electrons. The molecule has 4 nitrogen and oxygen atoms in total. The molecule has 0 N–H and O–H groups in total. The van der Waals surface area contributed by atoms with E-state index in [1.54, 1.807) is 0 Å². The van der Waals surface area contributed by atoms with Gasteiger partial charge in [-0.3, -0.25) is 4.79 Å². The van der Waals surface area contributed by atoms with E-state index in [1.807, 2.05) is 11.8 Å². The summed E-state index contributed by atoms with van der Waals surface area (Å²) in [5.41, 5.74) is 1.19. The molecule has 0 aliphatic carbocycles. The van der Waals surface area contributed by atoms with E-state index in [0.717, 1.165) is 45.3 Å². The molecule has 1 aromatic rings. The summed E-state index contributed by atoms with van der Waals surface area (Å²) in [5, 5.41) is 0. The molecule has 0 aromatic heterocycles. The standard InChI is InChI=1S/C21H32N2O2/c1-4-20(24)23-13-11-21(12-14-23)16-18(22(3)5-2)15-19(25-21)17-9-7-6-8-10-17/h6-10,18-19H,4-5,11-16H2,1-3H3/t18-,19-/m0/s1. The Kier molecular flexibility index (Phi) is 5.80. The highest BCUT2D eigenvalue weighted by Gasteiger charge is 2.45. The smallest absolute Gasteiger partial charge is 0.222 e. The molecule has 0 bridgehead atoms. The van der Waals surface area contributed by atoms with Gasteiger partial charge in [0.2, 0.25) is 5.91 Å². The summed E-state index contributed by atoms with van der Waals surface area (Å²) >= 11 is 0. The van der Waals surface area contributed by atoms with Gasteiger partial charge in [0.25, 0.3) is 0 Å². The van der Waals surface area contributed by atoms with Crippen LogP contribution in [0.3, 0.4) is 0 Å². The summed E-state index contributed by atoms with van der Waals surface area (Å²) in [6.45, 7) is 6.89. The third kappa shape index (κ3) is 4.06. The lowest BCUT2D eigenvalue weighted by Crippen LogP contribution is -2.54. The molecular weight excluding hydrogens is 312 g/mol. The first kappa shape index (κ1) is 18.4. The molecule has 2 aliphatic heterocycles.